The molecule has 0 unspecified atom stereocenters. The second-order valence-corrected chi connectivity index (χ2v) is 7.64. The molecule has 1 aliphatic rings. The predicted molar refractivity (Wildman–Crippen MR) is 91.9 cm³/mol. The van der Waals surface area contributed by atoms with E-state index in [2.05, 4.69) is 15.3 Å². The monoisotopic (exact) mass is 319 g/mol. The standard InChI is InChI=1S/C18H29N3O2/c1-12-14(16(23)21-17(19-12)18(2,3)4)15(22)20-13-10-8-6-5-7-9-11-13/h13H,5-11H2,1-4H3,(H,20,22)(H,19,21,23). The van der Waals surface area contributed by atoms with Crippen molar-refractivity contribution >= 4 is 5.91 Å². The molecule has 1 aliphatic carbocycles. The Morgan fingerprint density at radius 2 is 1.70 bits per heavy atom. The Balaban J connectivity index is 2.17. The molecule has 0 spiro atoms. The molecule has 1 heterocycles. The zero-order valence-corrected chi connectivity index (χ0v) is 14.8. The first-order chi connectivity index (χ1) is 10.8. The molecular weight excluding hydrogens is 290 g/mol. The number of aromatic nitrogens is 2. The van der Waals surface area contributed by atoms with E-state index in [1.807, 2.05) is 20.8 Å². The van der Waals surface area contributed by atoms with Gasteiger partial charge in [0.1, 0.15) is 11.4 Å². The number of aryl methyl sites for hydroxylation is 1. The van der Waals surface area contributed by atoms with Gasteiger partial charge in [-0.2, -0.15) is 0 Å². The molecule has 1 fully saturated rings. The third-order valence-corrected chi connectivity index (χ3v) is 4.48. The lowest BCUT2D eigenvalue weighted by Gasteiger charge is -2.22. The molecule has 0 aliphatic heterocycles. The number of amides is 1. The van der Waals surface area contributed by atoms with Crippen LogP contribution in [0.2, 0.25) is 0 Å². The van der Waals surface area contributed by atoms with E-state index in [4.69, 9.17) is 0 Å². The highest BCUT2D eigenvalue weighted by Crippen LogP contribution is 2.19. The van der Waals surface area contributed by atoms with Gasteiger partial charge in [0.2, 0.25) is 0 Å². The lowest BCUT2D eigenvalue weighted by Crippen LogP contribution is -2.39. The number of aromatic amines is 1. The van der Waals surface area contributed by atoms with E-state index in [0.717, 1.165) is 25.7 Å². The summed E-state index contributed by atoms with van der Waals surface area (Å²) in [5.41, 5.74) is 0.0613. The van der Waals surface area contributed by atoms with Crippen molar-refractivity contribution in [3.05, 3.63) is 27.4 Å². The van der Waals surface area contributed by atoms with Gasteiger partial charge in [-0.05, 0) is 19.8 Å². The molecule has 23 heavy (non-hydrogen) atoms. The van der Waals surface area contributed by atoms with E-state index < -0.39 is 0 Å². The van der Waals surface area contributed by atoms with E-state index in [1.54, 1.807) is 6.92 Å². The summed E-state index contributed by atoms with van der Waals surface area (Å²) < 4.78 is 0. The highest BCUT2D eigenvalue weighted by Gasteiger charge is 2.23. The smallest absolute Gasteiger partial charge is 0.264 e. The summed E-state index contributed by atoms with van der Waals surface area (Å²) in [6.45, 7) is 7.69. The Labute approximate surface area is 138 Å². The van der Waals surface area contributed by atoms with Crippen molar-refractivity contribution in [2.45, 2.75) is 84.1 Å². The normalized spacial score (nSPS) is 17.4. The molecule has 0 radical (unpaired) electrons. The highest BCUT2D eigenvalue weighted by atomic mass is 16.2. The van der Waals surface area contributed by atoms with Gasteiger partial charge in [0.15, 0.2) is 0 Å². The lowest BCUT2D eigenvalue weighted by atomic mass is 9.95. The molecule has 1 amide bonds. The van der Waals surface area contributed by atoms with Crippen molar-refractivity contribution in [1.29, 1.82) is 0 Å². The van der Waals surface area contributed by atoms with Crippen LogP contribution < -0.4 is 10.9 Å². The zero-order chi connectivity index (χ0) is 17.0. The van der Waals surface area contributed by atoms with Gasteiger partial charge >= 0.3 is 0 Å². The Kier molecular flexibility index (Phi) is 5.60. The van der Waals surface area contributed by atoms with Gasteiger partial charge in [-0.15, -0.1) is 0 Å². The summed E-state index contributed by atoms with van der Waals surface area (Å²) in [7, 11) is 0. The molecule has 5 heteroatoms. The first-order valence-electron chi connectivity index (χ1n) is 8.71. The van der Waals surface area contributed by atoms with Crippen LogP contribution in [-0.2, 0) is 5.41 Å². The summed E-state index contributed by atoms with van der Waals surface area (Å²) in [4.78, 5) is 32.1. The maximum Gasteiger partial charge on any atom is 0.264 e. The van der Waals surface area contributed by atoms with Crippen LogP contribution in [0.3, 0.4) is 0 Å². The summed E-state index contributed by atoms with van der Waals surface area (Å²) in [6.07, 6.45) is 8.02. The van der Waals surface area contributed by atoms with Gasteiger partial charge in [0, 0.05) is 11.5 Å². The van der Waals surface area contributed by atoms with Gasteiger partial charge in [-0.3, -0.25) is 9.59 Å². The molecule has 0 bridgehead atoms. The fourth-order valence-electron chi connectivity index (χ4n) is 3.07. The van der Waals surface area contributed by atoms with Crippen LogP contribution >= 0.6 is 0 Å². The summed E-state index contributed by atoms with van der Waals surface area (Å²) in [6, 6.07) is 0.170. The van der Waals surface area contributed by atoms with Gasteiger partial charge in [0.25, 0.3) is 11.5 Å². The van der Waals surface area contributed by atoms with Crippen molar-refractivity contribution in [2.75, 3.05) is 0 Å². The molecular formula is C18H29N3O2. The topological polar surface area (TPSA) is 74.8 Å². The number of nitrogens with zero attached hydrogens (tertiary/aromatic N) is 1. The van der Waals surface area contributed by atoms with E-state index >= 15 is 0 Å². The number of hydrogen-bond donors (Lipinski definition) is 2. The Morgan fingerprint density at radius 3 is 2.22 bits per heavy atom. The van der Waals surface area contributed by atoms with Crippen molar-refractivity contribution in [2.24, 2.45) is 0 Å². The second-order valence-electron chi connectivity index (χ2n) is 7.64. The van der Waals surface area contributed by atoms with Gasteiger partial charge in [-0.1, -0.05) is 52.9 Å². The van der Waals surface area contributed by atoms with Gasteiger partial charge in [-0.25, -0.2) is 4.98 Å². The van der Waals surface area contributed by atoms with Crippen LogP contribution in [0.15, 0.2) is 4.79 Å². The number of H-pyrrole nitrogens is 1. The molecule has 128 valence electrons. The largest absolute Gasteiger partial charge is 0.349 e. The van der Waals surface area contributed by atoms with E-state index in [-0.39, 0.29) is 28.5 Å². The molecule has 2 rings (SSSR count). The molecule has 1 saturated carbocycles. The van der Waals surface area contributed by atoms with Crippen LogP contribution in [0, 0.1) is 6.92 Å². The molecule has 2 N–H and O–H groups in total. The minimum Gasteiger partial charge on any atom is -0.349 e. The SMILES string of the molecule is Cc1nc(C(C)(C)C)[nH]c(=O)c1C(=O)NC1CCCCCCC1. The maximum absolute atomic E-state index is 12.5. The summed E-state index contributed by atoms with van der Waals surface area (Å²) >= 11 is 0. The molecule has 0 atom stereocenters. The summed E-state index contributed by atoms with van der Waals surface area (Å²) in [5, 5.41) is 3.04. The Morgan fingerprint density at radius 1 is 1.13 bits per heavy atom. The lowest BCUT2D eigenvalue weighted by molar-refractivity contribution is 0.0927. The van der Waals surface area contributed by atoms with E-state index in [9.17, 15) is 9.59 Å². The minimum absolute atomic E-state index is 0.153. The van der Waals surface area contributed by atoms with E-state index in [1.165, 1.54) is 19.3 Å². The van der Waals surface area contributed by atoms with Crippen molar-refractivity contribution in [3.8, 4) is 0 Å². The minimum atomic E-state index is -0.342. The van der Waals surface area contributed by atoms with Crippen LogP contribution in [-0.4, -0.2) is 21.9 Å². The fourth-order valence-corrected chi connectivity index (χ4v) is 3.07. The Bertz CT molecular complexity index is 606. The third kappa shape index (κ3) is 4.66. The van der Waals surface area contributed by atoms with Crippen LogP contribution in [0.25, 0.3) is 0 Å². The molecule has 5 nitrogen and oxygen atoms in total. The number of carbonyl (C=O) groups is 1. The van der Waals surface area contributed by atoms with Crippen LogP contribution in [0.1, 0.15) is 87.6 Å². The average molecular weight is 319 g/mol. The van der Waals surface area contributed by atoms with Crippen LogP contribution in [0.4, 0.5) is 0 Å². The quantitative estimate of drug-likeness (QED) is 0.879. The third-order valence-electron chi connectivity index (χ3n) is 4.48. The summed E-state index contributed by atoms with van der Waals surface area (Å²) in [5.74, 6) is 0.324. The second kappa shape index (κ2) is 7.28. The van der Waals surface area contributed by atoms with Gasteiger partial charge in [0.05, 0.1) is 5.69 Å². The molecule has 0 aromatic carbocycles. The Hall–Kier alpha value is -1.65. The zero-order valence-electron chi connectivity index (χ0n) is 14.8. The number of carbonyl (C=O) groups excluding carboxylic acids is 1. The fraction of sp³-hybridized carbons (Fsp3) is 0.722. The van der Waals surface area contributed by atoms with Crippen LogP contribution in [0.5, 0.6) is 0 Å². The highest BCUT2D eigenvalue weighted by molar-refractivity contribution is 5.95. The molecule has 1 aromatic rings. The number of nitrogens with one attached hydrogen (secondary N) is 2. The van der Waals surface area contributed by atoms with Crippen molar-refractivity contribution in [1.82, 2.24) is 15.3 Å². The predicted octanol–water partition coefficient (Wildman–Crippen LogP) is 3.22. The average Bonchev–Trinajstić information content (AvgIpc) is 2.39. The first-order valence-corrected chi connectivity index (χ1v) is 8.71. The van der Waals surface area contributed by atoms with Crippen molar-refractivity contribution < 1.29 is 4.79 Å². The number of hydrogen-bond acceptors (Lipinski definition) is 3. The first kappa shape index (κ1) is 17.7. The maximum atomic E-state index is 12.5. The van der Waals surface area contributed by atoms with Gasteiger partial charge < -0.3 is 10.3 Å². The van der Waals surface area contributed by atoms with E-state index in [0.29, 0.717) is 11.5 Å². The molecule has 1 aromatic heterocycles. The molecule has 0 saturated heterocycles. The number of rotatable bonds is 2. The van der Waals surface area contributed by atoms with Crippen molar-refractivity contribution in [3.63, 3.8) is 0 Å².